The fourth-order valence-electron chi connectivity index (χ4n) is 2.00. The van der Waals surface area contributed by atoms with E-state index >= 15 is 0 Å². The zero-order valence-corrected chi connectivity index (χ0v) is 11.5. The molecule has 17 heavy (non-hydrogen) atoms. The summed E-state index contributed by atoms with van der Waals surface area (Å²) in [6, 6.07) is -0.405. The van der Waals surface area contributed by atoms with E-state index in [9.17, 15) is 4.79 Å². The van der Waals surface area contributed by atoms with E-state index in [0.29, 0.717) is 0 Å². The molecule has 0 fully saturated rings. The number of urea groups is 1. The minimum atomic E-state index is -0.405. The van der Waals surface area contributed by atoms with Gasteiger partial charge in [-0.3, -0.25) is 0 Å². The molecular formula is C14H30N2O. The summed E-state index contributed by atoms with van der Waals surface area (Å²) in [6.45, 7) is 2.99. The van der Waals surface area contributed by atoms with Crippen LogP contribution in [0, 0.1) is 0 Å². The van der Waals surface area contributed by atoms with Gasteiger partial charge in [0.15, 0.2) is 0 Å². The van der Waals surface area contributed by atoms with Crippen LogP contribution in [-0.4, -0.2) is 12.6 Å². The molecule has 0 radical (unpaired) electrons. The molecule has 3 nitrogen and oxygen atoms in total. The van der Waals surface area contributed by atoms with E-state index in [0.717, 1.165) is 13.0 Å². The normalized spacial score (nSPS) is 10.4. The number of rotatable bonds is 12. The van der Waals surface area contributed by atoms with Crippen LogP contribution in [0.1, 0.15) is 77.6 Å². The molecule has 3 heteroatoms. The second-order valence-electron chi connectivity index (χ2n) is 4.83. The van der Waals surface area contributed by atoms with E-state index in [4.69, 9.17) is 5.73 Å². The molecule has 0 aromatic rings. The molecule has 0 aliphatic rings. The summed E-state index contributed by atoms with van der Waals surface area (Å²) in [6.07, 6.45) is 14.6. The second kappa shape index (κ2) is 13.3. The Balaban J connectivity index is 2.91. The van der Waals surface area contributed by atoms with Crippen LogP contribution in [0.3, 0.4) is 0 Å². The highest BCUT2D eigenvalue weighted by Crippen LogP contribution is 2.10. The molecule has 102 valence electrons. The van der Waals surface area contributed by atoms with Crippen molar-refractivity contribution in [3.63, 3.8) is 0 Å². The molecule has 0 aliphatic carbocycles. The molecule has 0 aliphatic heterocycles. The predicted octanol–water partition coefficient (Wildman–Crippen LogP) is 3.97. The third-order valence-electron chi connectivity index (χ3n) is 3.08. The van der Waals surface area contributed by atoms with E-state index in [-0.39, 0.29) is 0 Å². The van der Waals surface area contributed by atoms with Crippen molar-refractivity contribution < 1.29 is 4.79 Å². The van der Waals surface area contributed by atoms with Gasteiger partial charge in [0.05, 0.1) is 0 Å². The molecule has 0 unspecified atom stereocenters. The highest BCUT2D eigenvalue weighted by atomic mass is 16.2. The van der Waals surface area contributed by atoms with Crippen LogP contribution in [0.4, 0.5) is 4.79 Å². The fourth-order valence-corrected chi connectivity index (χ4v) is 2.00. The Morgan fingerprint density at radius 2 is 1.24 bits per heavy atom. The third kappa shape index (κ3) is 15.3. The summed E-state index contributed by atoms with van der Waals surface area (Å²) in [5.74, 6) is 0. The number of carbonyl (C=O) groups excluding carboxylic acids is 1. The van der Waals surface area contributed by atoms with Crippen molar-refractivity contribution in [3.05, 3.63) is 0 Å². The van der Waals surface area contributed by atoms with Gasteiger partial charge in [0, 0.05) is 6.54 Å². The number of hydrogen-bond donors (Lipinski definition) is 2. The maximum Gasteiger partial charge on any atom is 0.312 e. The zero-order valence-electron chi connectivity index (χ0n) is 11.5. The van der Waals surface area contributed by atoms with Crippen LogP contribution in [0.15, 0.2) is 0 Å². The molecule has 2 amide bonds. The Morgan fingerprint density at radius 1 is 0.824 bits per heavy atom. The lowest BCUT2D eigenvalue weighted by Crippen LogP contribution is -2.29. The van der Waals surface area contributed by atoms with Crippen molar-refractivity contribution in [2.75, 3.05) is 6.54 Å². The second-order valence-corrected chi connectivity index (χ2v) is 4.83. The maximum atomic E-state index is 10.4. The number of unbranched alkanes of at least 4 members (excludes halogenated alkanes) is 10. The first-order valence-corrected chi connectivity index (χ1v) is 7.30. The van der Waals surface area contributed by atoms with Gasteiger partial charge in [-0.1, -0.05) is 71.1 Å². The molecular weight excluding hydrogens is 212 g/mol. The standard InChI is InChI=1S/C14H30N2O/c1-2-3-4-5-6-7-8-9-10-11-12-13-16-14(15)17/h2-13H2,1H3,(H3,15,16,17). The third-order valence-corrected chi connectivity index (χ3v) is 3.08. The number of carbonyl (C=O) groups is 1. The summed E-state index contributed by atoms with van der Waals surface area (Å²) in [7, 11) is 0. The molecule has 3 N–H and O–H groups in total. The zero-order chi connectivity index (χ0) is 12.8. The van der Waals surface area contributed by atoms with Gasteiger partial charge in [0.25, 0.3) is 0 Å². The largest absolute Gasteiger partial charge is 0.352 e. The number of amides is 2. The van der Waals surface area contributed by atoms with Gasteiger partial charge < -0.3 is 11.1 Å². The molecule has 0 bridgehead atoms. The SMILES string of the molecule is CCCCCCCCCCCCCNC(N)=O. The summed E-state index contributed by atoms with van der Waals surface area (Å²) < 4.78 is 0. The van der Waals surface area contributed by atoms with E-state index < -0.39 is 6.03 Å². The molecule has 0 aromatic heterocycles. The summed E-state index contributed by atoms with van der Waals surface area (Å²) in [5.41, 5.74) is 4.97. The van der Waals surface area contributed by atoms with Gasteiger partial charge in [-0.2, -0.15) is 0 Å². The van der Waals surface area contributed by atoms with Crippen LogP contribution in [0.2, 0.25) is 0 Å². The van der Waals surface area contributed by atoms with Gasteiger partial charge in [-0.15, -0.1) is 0 Å². The van der Waals surface area contributed by atoms with Crippen molar-refractivity contribution >= 4 is 6.03 Å². The molecule has 0 saturated carbocycles. The lowest BCUT2D eigenvalue weighted by atomic mass is 10.1. The number of nitrogens with two attached hydrogens (primary N) is 1. The first-order chi connectivity index (χ1) is 8.27. The van der Waals surface area contributed by atoms with Crippen LogP contribution in [0.25, 0.3) is 0 Å². The van der Waals surface area contributed by atoms with E-state index in [1.165, 1.54) is 64.2 Å². The Kier molecular flexibility index (Phi) is 12.8. The number of hydrogen-bond acceptors (Lipinski definition) is 1. The van der Waals surface area contributed by atoms with Crippen LogP contribution < -0.4 is 11.1 Å². The van der Waals surface area contributed by atoms with Crippen LogP contribution >= 0.6 is 0 Å². The Bertz CT molecular complexity index is 172. The van der Waals surface area contributed by atoms with Crippen molar-refractivity contribution in [2.24, 2.45) is 5.73 Å². The van der Waals surface area contributed by atoms with Crippen molar-refractivity contribution in [1.29, 1.82) is 0 Å². The first kappa shape index (κ1) is 16.3. The van der Waals surface area contributed by atoms with E-state index in [2.05, 4.69) is 12.2 Å². The lowest BCUT2D eigenvalue weighted by Gasteiger charge is -2.03. The number of primary amides is 1. The Labute approximate surface area is 107 Å². The van der Waals surface area contributed by atoms with Crippen molar-refractivity contribution in [2.45, 2.75) is 77.6 Å². The summed E-state index contributed by atoms with van der Waals surface area (Å²) in [5, 5.41) is 2.62. The van der Waals surface area contributed by atoms with E-state index in [1.807, 2.05) is 0 Å². The van der Waals surface area contributed by atoms with Gasteiger partial charge in [-0.05, 0) is 6.42 Å². The lowest BCUT2D eigenvalue weighted by molar-refractivity contribution is 0.248. The smallest absolute Gasteiger partial charge is 0.312 e. The molecule has 0 saturated heterocycles. The predicted molar refractivity (Wildman–Crippen MR) is 74.0 cm³/mol. The van der Waals surface area contributed by atoms with Crippen molar-refractivity contribution in [3.8, 4) is 0 Å². The molecule has 0 heterocycles. The molecule has 0 rings (SSSR count). The van der Waals surface area contributed by atoms with Crippen molar-refractivity contribution in [1.82, 2.24) is 5.32 Å². The summed E-state index contributed by atoms with van der Waals surface area (Å²) in [4.78, 5) is 10.4. The topological polar surface area (TPSA) is 55.1 Å². The Morgan fingerprint density at radius 3 is 1.65 bits per heavy atom. The highest BCUT2D eigenvalue weighted by Gasteiger charge is 1.94. The quantitative estimate of drug-likeness (QED) is 0.500. The maximum absolute atomic E-state index is 10.4. The summed E-state index contributed by atoms with van der Waals surface area (Å²) >= 11 is 0. The minimum Gasteiger partial charge on any atom is -0.352 e. The van der Waals surface area contributed by atoms with E-state index in [1.54, 1.807) is 0 Å². The van der Waals surface area contributed by atoms with Gasteiger partial charge >= 0.3 is 6.03 Å². The van der Waals surface area contributed by atoms with Crippen LogP contribution in [0.5, 0.6) is 0 Å². The molecule has 0 atom stereocenters. The average Bonchev–Trinajstić information content (AvgIpc) is 2.30. The van der Waals surface area contributed by atoms with Gasteiger partial charge in [-0.25, -0.2) is 4.79 Å². The first-order valence-electron chi connectivity index (χ1n) is 7.30. The average molecular weight is 242 g/mol. The number of nitrogens with one attached hydrogen (secondary N) is 1. The van der Waals surface area contributed by atoms with Crippen LogP contribution in [-0.2, 0) is 0 Å². The monoisotopic (exact) mass is 242 g/mol. The van der Waals surface area contributed by atoms with Gasteiger partial charge in [0.2, 0.25) is 0 Å². The minimum absolute atomic E-state index is 0.405. The highest BCUT2D eigenvalue weighted by molar-refractivity contribution is 5.71. The molecule has 0 spiro atoms. The molecule has 0 aromatic carbocycles. The van der Waals surface area contributed by atoms with Gasteiger partial charge in [0.1, 0.15) is 0 Å². The Hall–Kier alpha value is -0.730. The fraction of sp³-hybridized carbons (Fsp3) is 0.929.